The molecule has 0 radical (unpaired) electrons. The first-order valence-corrected chi connectivity index (χ1v) is 3.82. The first-order valence-electron chi connectivity index (χ1n) is 3.82. The summed E-state index contributed by atoms with van der Waals surface area (Å²) in [6.45, 7) is 10.5. The molecule has 62 valence electrons. The third kappa shape index (κ3) is 3.61. The van der Waals surface area contributed by atoms with Gasteiger partial charge in [0.2, 0.25) is 0 Å². The van der Waals surface area contributed by atoms with Crippen LogP contribution in [0.15, 0.2) is 29.5 Å². The number of rotatable bonds is 4. The fourth-order valence-electron chi connectivity index (χ4n) is 0.836. The van der Waals surface area contributed by atoms with E-state index in [0.717, 1.165) is 18.0 Å². The van der Waals surface area contributed by atoms with Gasteiger partial charge in [0.1, 0.15) is 0 Å². The molecule has 2 heteroatoms. The van der Waals surface area contributed by atoms with Crippen LogP contribution >= 0.6 is 0 Å². The molecule has 0 bridgehead atoms. The van der Waals surface area contributed by atoms with Crippen LogP contribution in [-0.4, -0.2) is 12.3 Å². The van der Waals surface area contributed by atoms with Gasteiger partial charge >= 0.3 is 0 Å². The summed E-state index contributed by atoms with van der Waals surface area (Å²) in [5.74, 6) is 0. The predicted octanol–water partition coefficient (Wildman–Crippen LogP) is 2.10. The SMILES string of the molecule is C=CN=C(C)/C(=C\C)NCC. The zero-order valence-corrected chi connectivity index (χ0v) is 7.52. The van der Waals surface area contributed by atoms with Crippen LogP contribution in [0.4, 0.5) is 0 Å². The first-order chi connectivity index (χ1) is 5.26. The highest BCUT2D eigenvalue weighted by molar-refractivity contribution is 5.97. The number of aliphatic imine (C=N–C) groups is 1. The molecule has 0 aliphatic heterocycles. The average Bonchev–Trinajstić information content (AvgIpc) is 2.00. The summed E-state index contributed by atoms with van der Waals surface area (Å²) >= 11 is 0. The Labute approximate surface area is 68.7 Å². The highest BCUT2D eigenvalue weighted by atomic mass is 14.9. The van der Waals surface area contributed by atoms with Crippen LogP contribution in [0.5, 0.6) is 0 Å². The van der Waals surface area contributed by atoms with E-state index in [1.54, 1.807) is 6.20 Å². The van der Waals surface area contributed by atoms with E-state index in [0.29, 0.717) is 0 Å². The van der Waals surface area contributed by atoms with Crippen molar-refractivity contribution in [3.8, 4) is 0 Å². The molecule has 0 fully saturated rings. The Morgan fingerprint density at radius 1 is 1.64 bits per heavy atom. The molecule has 1 N–H and O–H groups in total. The van der Waals surface area contributed by atoms with Gasteiger partial charge in [0.05, 0.1) is 11.4 Å². The maximum absolute atomic E-state index is 4.06. The van der Waals surface area contributed by atoms with Crippen LogP contribution < -0.4 is 5.32 Å². The molecule has 2 nitrogen and oxygen atoms in total. The molecule has 0 saturated heterocycles. The number of hydrogen-bond donors (Lipinski definition) is 1. The van der Waals surface area contributed by atoms with Gasteiger partial charge in [0.25, 0.3) is 0 Å². The molecule has 0 unspecified atom stereocenters. The Morgan fingerprint density at radius 3 is 2.64 bits per heavy atom. The minimum absolute atomic E-state index is 0.920. The fourth-order valence-corrected chi connectivity index (χ4v) is 0.836. The molecule has 0 atom stereocenters. The zero-order chi connectivity index (χ0) is 8.69. The predicted molar refractivity (Wildman–Crippen MR) is 50.7 cm³/mol. The lowest BCUT2D eigenvalue weighted by atomic mass is 10.3. The van der Waals surface area contributed by atoms with E-state index in [1.807, 2.05) is 19.9 Å². The lowest BCUT2D eigenvalue weighted by Gasteiger charge is -2.06. The molecule has 11 heavy (non-hydrogen) atoms. The molecule has 0 heterocycles. The van der Waals surface area contributed by atoms with Gasteiger partial charge in [-0.3, -0.25) is 4.99 Å². The lowest BCUT2D eigenvalue weighted by molar-refractivity contribution is 0.886. The molecule has 0 rings (SSSR count). The molecule has 0 spiro atoms. The van der Waals surface area contributed by atoms with E-state index in [2.05, 4.69) is 23.8 Å². The number of allylic oxidation sites excluding steroid dienone is 2. The van der Waals surface area contributed by atoms with Crippen LogP contribution in [0.1, 0.15) is 20.8 Å². The Hall–Kier alpha value is -1.05. The number of nitrogens with zero attached hydrogens (tertiary/aromatic N) is 1. The van der Waals surface area contributed by atoms with Crippen molar-refractivity contribution in [3.05, 3.63) is 24.6 Å². The molecule has 0 amide bonds. The van der Waals surface area contributed by atoms with Crippen molar-refractivity contribution >= 4 is 5.71 Å². The van der Waals surface area contributed by atoms with Crippen LogP contribution in [0.2, 0.25) is 0 Å². The maximum atomic E-state index is 4.06. The molecule has 0 aromatic carbocycles. The summed E-state index contributed by atoms with van der Waals surface area (Å²) in [5, 5.41) is 3.20. The van der Waals surface area contributed by atoms with Crippen molar-refractivity contribution in [1.82, 2.24) is 5.32 Å². The first kappa shape index (κ1) is 9.95. The largest absolute Gasteiger partial charge is 0.384 e. The van der Waals surface area contributed by atoms with Crippen LogP contribution in [-0.2, 0) is 0 Å². The van der Waals surface area contributed by atoms with Crippen LogP contribution in [0.25, 0.3) is 0 Å². The third-order valence-corrected chi connectivity index (χ3v) is 1.33. The highest BCUT2D eigenvalue weighted by Crippen LogP contribution is 1.93. The lowest BCUT2D eigenvalue weighted by Crippen LogP contribution is -2.17. The summed E-state index contributed by atoms with van der Waals surface area (Å²) in [5.41, 5.74) is 2.05. The van der Waals surface area contributed by atoms with Crippen LogP contribution in [0.3, 0.4) is 0 Å². The van der Waals surface area contributed by atoms with E-state index < -0.39 is 0 Å². The maximum Gasteiger partial charge on any atom is 0.0600 e. The fraction of sp³-hybridized carbons (Fsp3) is 0.444. The highest BCUT2D eigenvalue weighted by Gasteiger charge is 1.95. The van der Waals surface area contributed by atoms with Gasteiger partial charge in [-0.15, -0.1) is 0 Å². The summed E-state index contributed by atoms with van der Waals surface area (Å²) in [4.78, 5) is 4.06. The second kappa shape index (κ2) is 5.71. The minimum Gasteiger partial charge on any atom is -0.384 e. The second-order valence-electron chi connectivity index (χ2n) is 2.13. The quantitative estimate of drug-likeness (QED) is 0.613. The van der Waals surface area contributed by atoms with E-state index in [-0.39, 0.29) is 0 Å². The van der Waals surface area contributed by atoms with Gasteiger partial charge in [-0.25, -0.2) is 0 Å². The van der Waals surface area contributed by atoms with Crippen molar-refractivity contribution in [2.75, 3.05) is 6.54 Å². The van der Waals surface area contributed by atoms with E-state index in [1.165, 1.54) is 0 Å². The Bertz CT molecular complexity index is 178. The molecule has 0 aliphatic rings. The smallest absolute Gasteiger partial charge is 0.0600 e. The van der Waals surface area contributed by atoms with Crippen molar-refractivity contribution in [2.45, 2.75) is 20.8 Å². The monoisotopic (exact) mass is 152 g/mol. The van der Waals surface area contributed by atoms with Gasteiger partial charge in [-0.1, -0.05) is 12.7 Å². The standard InChI is InChI=1S/C9H16N2/c1-5-9(11-7-3)8(4)10-6-2/h5-6,11H,2,7H2,1,3-4H3/b9-5+,10-8?. The molecule has 0 aliphatic carbocycles. The van der Waals surface area contributed by atoms with Gasteiger partial charge in [-0.2, -0.15) is 0 Å². The molecule has 0 saturated carbocycles. The molecular formula is C9H16N2. The van der Waals surface area contributed by atoms with E-state index in [4.69, 9.17) is 0 Å². The normalized spacial score (nSPS) is 13.0. The summed E-state index contributed by atoms with van der Waals surface area (Å²) < 4.78 is 0. The summed E-state index contributed by atoms with van der Waals surface area (Å²) in [6, 6.07) is 0. The second-order valence-corrected chi connectivity index (χ2v) is 2.13. The minimum atomic E-state index is 0.920. The Morgan fingerprint density at radius 2 is 2.27 bits per heavy atom. The molecule has 0 aromatic heterocycles. The van der Waals surface area contributed by atoms with Gasteiger partial charge in [0.15, 0.2) is 0 Å². The zero-order valence-electron chi connectivity index (χ0n) is 7.52. The van der Waals surface area contributed by atoms with Crippen molar-refractivity contribution in [1.29, 1.82) is 0 Å². The Balaban J connectivity index is 4.26. The van der Waals surface area contributed by atoms with E-state index >= 15 is 0 Å². The van der Waals surface area contributed by atoms with Gasteiger partial charge < -0.3 is 5.32 Å². The molecule has 0 aromatic rings. The van der Waals surface area contributed by atoms with Gasteiger partial charge in [-0.05, 0) is 20.8 Å². The number of nitrogens with one attached hydrogen (secondary N) is 1. The topological polar surface area (TPSA) is 24.4 Å². The summed E-state index contributed by atoms with van der Waals surface area (Å²) in [7, 11) is 0. The Kier molecular flexibility index (Phi) is 5.17. The van der Waals surface area contributed by atoms with E-state index in [9.17, 15) is 0 Å². The number of hydrogen-bond acceptors (Lipinski definition) is 2. The van der Waals surface area contributed by atoms with Crippen molar-refractivity contribution in [2.24, 2.45) is 4.99 Å². The van der Waals surface area contributed by atoms with Gasteiger partial charge in [0, 0.05) is 12.7 Å². The summed E-state index contributed by atoms with van der Waals surface area (Å²) in [6.07, 6.45) is 3.56. The van der Waals surface area contributed by atoms with Crippen molar-refractivity contribution < 1.29 is 0 Å². The van der Waals surface area contributed by atoms with Crippen LogP contribution in [0, 0.1) is 0 Å². The van der Waals surface area contributed by atoms with Crippen molar-refractivity contribution in [3.63, 3.8) is 0 Å². The molecular weight excluding hydrogens is 136 g/mol. The third-order valence-electron chi connectivity index (χ3n) is 1.33. The average molecular weight is 152 g/mol.